The second-order valence-electron chi connectivity index (χ2n) is 11.7. The molecule has 0 aromatic heterocycles. The molecule has 238 valence electrons. The number of halogens is 1. The number of hydrogen-bond donors (Lipinski definition) is 2. The van der Waals surface area contributed by atoms with Crippen LogP contribution in [0.5, 0.6) is 0 Å². The first-order chi connectivity index (χ1) is 20.5. The number of anilines is 1. The number of ether oxygens (including phenoxy) is 4. The number of nitrogens with one attached hydrogen (secondary N) is 1. The van der Waals surface area contributed by atoms with Gasteiger partial charge in [-0.05, 0) is 65.3 Å². The molecule has 12 nitrogen and oxygen atoms in total. The van der Waals surface area contributed by atoms with Crippen LogP contribution in [0.4, 0.5) is 19.7 Å². The average Bonchev–Trinajstić information content (AvgIpc) is 3.32. The van der Waals surface area contributed by atoms with Crippen LogP contribution in [0.15, 0.2) is 53.6 Å². The normalized spacial score (nSPS) is 16.9. The van der Waals surface area contributed by atoms with Crippen LogP contribution < -0.4 is 16.1 Å². The first-order valence-corrected chi connectivity index (χ1v) is 14.5. The second kappa shape index (κ2) is 14.1. The van der Waals surface area contributed by atoms with Crippen molar-refractivity contribution in [1.29, 1.82) is 0 Å². The predicted molar refractivity (Wildman–Crippen MR) is 163 cm³/mol. The Labute approximate surface area is 259 Å². The van der Waals surface area contributed by atoms with Gasteiger partial charge in [0.2, 0.25) is 0 Å². The zero-order chi connectivity index (χ0) is 32.8. The van der Waals surface area contributed by atoms with Crippen LogP contribution >= 0.6 is 11.8 Å². The van der Waals surface area contributed by atoms with E-state index in [0.717, 1.165) is 22.7 Å². The molecule has 1 aliphatic rings. The molecule has 3 N–H and O–H groups in total. The van der Waals surface area contributed by atoms with E-state index < -0.39 is 58.5 Å². The number of hydrogen-bond acceptors (Lipinski definition) is 11. The highest BCUT2D eigenvalue weighted by atomic mass is 32.2. The van der Waals surface area contributed by atoms with Crippen molar-refractivity contribution >= 4 is 46.6 Å². The summed E-state index contributed by atoms with van der Waals surface area (Å²) in [7, 11) is 1.22. The summed E-state index contributed by atoms with van der Waals surface area (Å²) < 4.78 is 36.5. The fraction of sp³-hybridized carbons (Fsp3) is 0.433. The van der Waals surface area contributed by atoms with Crippen LogP contribution in [0.1, 0.15) is 57.9 Å². The van der Waals surface area contributed by atoms with Crippen LogP contribution in [0.3, 0.4) is 0 Å². The number of hydrazone groups is 1. The lowest BCUT2D eigenvalue weighted by atomic mass is 10.1. The maximum atomic E-state index is 15.7. The Morgan fingerprint density at radius 2 is 1.68 bits per heavy atom. The van der Waals surface area contributed by atoms with Crippen LogP contribution in [-0.4, -0.2) is 66.2 Å². The molecular weight excluding hydrogens is 595 g/mol. The Morgan fingerprint density at radius 3 is 2.25 bits per heavy atom. The molecule has 1 saturated heterocycles. The third kappa shape index (κ3) is 9.41. The van der Waals surface area contributed by atoms with Crippen LogP contribution in [0, 0.1) is 5.82 Å². The lowest BCUT2D eigenvalue weighted by Crippen LogP contribution is -2.47. The molecule has 0 spiro atoms. The van der Waals surface area contributed by atoms with E-state index in [1.807, 2.05) is 0 Å². The van der Waals surface area contributed by atoms with E-state index in [0.29, 0.717) is 5.56 Å². The maximum Gasteiger partial charge on any atom is 0.428 e. The quantitative estimate of drug-likeness (QED) is 0.138. The van der Waals surface area contributed by atoms with E-state index in [1.54, 1.807) is 71.9 Å². The standard InChI is InChI=1S/C30H37FN4O8S/c1-29(2,3)42-25(36)22(32)21-16-35(28(39)41-21)18-13-14-19(20(31)15-18)24(33-34-27(38)43-30(4,5)6)44-23(26(37)40-7)17-11-9-8-10-12-17/h8-15,21-23H,16,32H2,1-7H3,(H,34,38)/b33-24+/t21?,22-,23?/m0/s1. The molecule has 0 radical (unpaired) electrons. The van der Waals surface area contributed by atoms with E-state index in [2.05, 4.69) is 10.5 Å². The van der Waals surface area contributed by atoms with Crippen molar-refractivity contribution in [3.63, 3.8) is 0 Å². The summed E-state index contributed by atoms with van der Waals surface area (Å²) in [6.07, 6.45) is -2.75. The van der Waals surface area contributed by atoms with Gasteiger partial charge in [-0.2, -0.15) is 5.10 Å². The van der Waals surface area contributed by atoms with Gasteiger partial charge in [0.25, 0.3) is 0 Å². The van der Waals surface area contributed by atoms with Gasteiger partial charge in [0, 0.05) is 5.56 Å². The molecule has 1 aliphatic heterocycles. The van der Waals surface area contributed by atoms with Crippen LogP contribution in [0.2, 0.25) is 0 Å². The van der Waals surface area contributed by atoms with Gasteiger partial charge >= 0.3 is 24.1 Å². The van der Waals surface area contributed by atoms with Crippen molar-refractivity contribution in [1.82, 2.24) is 5.43 Å². The summed E-state index contributed by atoms with van der Waals surface area (Å²) in [4.78, 5) is 51.3. The first-order valence-electron chi connectivity index (χ1n) is 13.6. The summed E-state index contributed by atoms with van der Waals surface area (Å²) in [6, 6.07) is 11.2. The highest BCUT2D eigenvalue weighted by Crippen LogP contribution is 2.35. The molecule has 0 bridgehead atoms. The van der Waals surface area contributed by atoms with E-state index in [4.69, 9.17) is 24.7 Å². The molecule has 3 rings (SSSR count). The number of benzene rings is 2. The van der Waals surface area contributed by atoms with E-state index in [1.165, 1.54) is 19.2 Å². The molecule has 2 unspecified atom stereocenters. The van der Waals surface area contributed by atoms with Crippen molar-refractivity contribution in [2.75, 3.05) is 18.6 Å². The summed E-state index contributed by atoms with van der Waals surface area (Å²) in [5, 5.41) is 3.04. The smallest absolute Gasteiger partial charge is 0.428 e. The molecule has 0 saturated carbocycles. The van der Waals surface area contributed by atoms with Gasteiger partial charge in [0.05, 0.1) is 19.3 Å². The fourth-order valence-electron chi connectivity index (χ4n) is 3.90. The lowest BCUT2D eigenvalue weighted by Gasteiger charge is -2.24. The minimum absolute atomic E-state index is 0.0759. The number of nitrogens with zero attached hydrogens (tertiary/aromatic N) is 2. The Kier molecular flexibility index (Phi) is 11.0. The number of methoxy groups -OCH3 is 1. The second-order valence-corrected chi connectivity index (χ2v) is 12.8. The average molecular weight is 633 g/mol. The topological polar surface area (TPSA) is 159 Å². The molecule has 14 heteroatoms. The van der Waals surface area contributed by atoms with Crippen molar-refractivity contribution in [2.45, 2.75) is 70.1 Å². The van der Waals surface area contributed by atoms with E-state index in [-0.39, 0.29) is 22.8 Å². The van der Waals surface area contributed by atoms with Crippen LogP contribution in [0.25, 0.3) is 0 Å². The van der Waals surface area contributed by atoms with Crippen molar-refractivity contribution in [2.24, 2.45) is 10.8 Å². The molecule has 2 amide bonds. The van der Waals surface area contributed by atoms with Gasteiger partial charge < -0.3 is 24.7 Å². The van der Waals surface area contributed by atoms with Crippen molar-refractivity contribution < 1.29 is 42.5 Å². The molecule has 1 fully saturated rings. The largest absolute Gasteiger partial charge is 0.468 e. The number of rotatable bonds is 8. The molecule has 2 aromatic rings. The maximum absolute atomic E-state index is 15.7. The van der Waals surface area contributed by atoms with Gasteiger partial charge in [-0.3, -0.25) is 14.5 Å². The minimum Gasteiger partial charge on any atom is -0.468 e. The number of carbonyl (C=O) groups is 4. The number of nitrogens with two attached hydrogens (primary N) is 1. The Morgan fingerprint density at radius 1 is 1.05 bits per heavy atom. The SMILES string of the molecule is COC(=O)C(S/C(=N/NC(=O)OC(C)(C)C)c1ccc(N2CC([C@H](N)C(=O)OC(C)(C)C)OC2=O)cc1F)c1ccccc1. The van der Waals surface area contributed by atoms with Gasteiger partial charge in [-0.25, -0.2) is 19.4 Å². The summed E-state index contributed by atoms with van der Waals surface area (Å²) in [6.45, 7) is 9.92. The molecule has 0 aliphatic carbocycles. The number of esters is 2. The van der Waals surface area contributed by atoms with Gasteiger partial charge in [-0.1, -0.05) is 42.1 Å². The van der Waals surface area contributed by atoms with E-state index >= 15 is 4.39 Å². The minimum atomic E-state index is -1.25. The summed E-state index contributed by atoms with van der Waals surface area (Å²) >= 11 is 0.845. The molecule has 1 heterocycles. The molecule has 2 aromatic carbocycles. The third-order valence-corrected chi connectivity index (χ3v) is 7.04. The van der Waals surface area contributed by atoms with Crippen molar-refractivity contribution in [3.8, 4) is 0 Å². The summed E-state index contributed by atoms with van der Waals surface area (Å²) in [5.41, 5.74) is 7.21. The highest BCUT2D eigenvalue weighted by molar-refractivity contribution is 8.15. The molecular formula is C30H37FN4O8S. The number of carbonyl (C=O) groups excluding carboxylic acids is 4. The summed E-state index contributed by atoms with van der Waals surface area (Å²) in [5.74, 6) is -2.20. The Bertz CT molecular complexity index is 1410. The number of thioether (sulfide) groups is 1. The van der Waals surface area contributed by atoms with Gasteiger partial charge in [0.15, 0.2) is 0 Å². The van der Waals surface area contributed by atoms with Gasteiger partial charge in [0.1, 0.15) is 39.5 Å². The van der Waals surface area contributed by atoms with E-state index in [9.17, 15) is 19.2 Å². The zero-order valence-electron chi connectivity index (χ0n) is 25.6. The molecule has 3 atom stereocenters. The Balaban J connectivity index is 1.92. The third-order valence-electron chi connectivity index (χ3n) is 5.80. The zero-order valence-corrected chi connectivity index (χ0v) is 26.4. The van der Waals surface area contributed by atoms with Gasteiger partial charge in [-0.15, -0.1) is 0 Å². The number of amides is 2. The highest BCUT2D eigenvalue weighted by Gasteiger charge is 2.41. The lowest BCUT2D eigenvalue weighted by molar-refractivity contribution is -0.158. The predicted octanol–water partition coefficient (Wildman–Crippen LogP) is 4.65. The monoisotopic (exact) mass is 632 g/mol. The fourth-order valence-corrected chi connectivity index (χ4v) is 5.00. The van der Waals surface area contributed by atoms with Crippen LogP contribution in [-0.2, 0) is 28.5 Å². The number of cyclic esters (lactones) is 1. The Hall–Kier alpha value is -4.17. The first kappa shape index (κ1) is 34.3. The van der Waals surface area contributed by atoms with Crippen molar-refractivity contribution in [3.05, 3.63) is 65.5 Å². The molecule has 44 heavy (non-hydrogen) atoms.